The number of H-pyrrole nitrogens is 1. The van der Waals surface area contributed by atoms with Crippen LogP contribution in [0, 0.1) is 15.5 Å². The molecule has 17 heteroatoms. The number of rotatable bonds is 11. The highest BCUT2D eigenvalue weighted by atomic mass is 35.5. The Morgan fingerprint density at radius 1 is 0.969 bits per heavy atom. The Hall–Kier alpha value is -5.52. The molecular weight excluding hydrogens is 856 g/mol. The maximum absolute atomic E-state index is 14.3. The molecule has 0 radical (unpaired) electrons. The Bertz CT molecular complexity index is 2710. The van der Waals surface area contributed by atoms with Gasteiger partial charge < -0.3 is 29.6 Å². The van der Waals surface area contributed by atoms with Gasteiger partial charge in [0, 0.05) is 67.6 Å². The van der Waals surface area contributed by atoms with Crippen LogP contribution in [0.5, 0.6) is 0 Å². The number of aryl methyl sites for hydroxylation is 1. The molecule has 0 saturated carbocycles. The number of aromatic amines is 1. The number of nitro benzene ring substituents is 1. The van der Waals surface area contributed by atoms with Crippen molar-refractivity contribution in [3.05, 3.63) is 117 Å². The van der Waals surface area contributed by atoms with Gasteiger partial charge in [-0.25, -0.2) is 18.1 Å². The second-order valence-corrected chi connectivity index (χ2v) is 19.9. The van der Waals surface area contributed by atoms with Crippen LogP contribution in [0.25, 0.3) is 16.6 Å². The number of nitrogens with zero attached hydrogens (tertiary/aromatic N) is 5. The average Bonchev–Trinajstić information content (AvgIpc) is 3.69. The van der Waals surface area contributed by atoms with Crippen molar-refractivity contribution >= 4 is 72.6 Å². The van der Waals surface area contributed by atoms with Crippen LogP contribution < -0.4 is 19.8 Å². The summed E-state index contributed by atoms with van der Waals surface area (Å²) in [5.74, 6) is -0.858. The van der Waals surface area contributed by atoms with Gasteiger partial charge >= 0.3 is 0 Å². The molecule has 2 aromatic heterocycles. The maximum Gasteiger partial charge on any atom is 0.293 e. The number of benzene rings is 3. The van der Waals surface area contributed by atoms with E-state index in [-0.39, 0.29) is 23.3 Å². The number of hydrogen-bond acceptors (Lipinski definition) is 12. The fourth-order valence-electron chi connectivity index (χ4n) is 9.46. The average molecular weight is 910 g/mol. The standard InChI is InChI=1S/C47H53ClN8O7S/c1-47(2)16-3-5-33(38(28-47)31-7-9-34(48)10-8-31)29-53-19-21-54(22-20-53)35-11-13-37(41(26-35)55-18-4-6-39-42(55)25-32-15-17-49-45(32)51-39)46(57)52-64(60,61)36-12-14-40(43(27-36)56(58)59)50-44-30-62-23-24-63-44/h7-15,17,25-27,44,50H,3-6,16,18-24,28-30H2,1-2H3,(H,49,51)(H,52,57)/t44-/m1/s1. The molecule has 0 unspecified atom stereocenters. The number of pyridine rings is 1. The van der Waals surface area contributed by atoms with Gasteiger partial charge in [0.15, 0.2) is 6.23 Å². The number of anilines is 4. The Morgan fingerprint density at radius 2 is 1.78 bits per heavy atom. The summed E-state index contributed by atoms with van der Waals surface area (Å²) in [6.45, 7) is 10.3. The zero-order chi connectivity index (χ0) is 44.6. The van der Waals surface area contributed by atoms with Gasteiger partial charge in [-0.05, 0) is 110 Å². The summed E-state index contributed by atoms with van der Waals surface area (Å²) < 4.78 is 40.9. The fraction of sp³-hybridized carbons (Fsp3) is 0.404. The van der Waals surface area contributed by atoms with Gasteiger partial charge in [0.2, 0.25) is 0 Å². The molecule has 4 aliphatic rings. The first kappa shape index (κ1) is 43.7. The number of hydrogen-bond donors (Lipinski definition) is 3. The highest BCUT2D eigenvalue weighted by Gasteiger charge is 2.32. The van der Waals surface area contributed by atoms with Crippen LogP contribution in [-0.4, -0.2) is 99.4 Å². The molecule has 0 bridgehead atoms. The van der Waals surface area contributed by atoms with Crippen molar-refractivity contribution in [3.63, 3.8) is 0 Å². The number of sulfonamides is 1. The summed E-state index contributed by atoms with van der Waals surface area (Å²) >= 11 is 6.30. The van der Waals surface area contributed by atoms with Crippen molar-refractivity contribution in [1.29, 1.82) is 0 Å². The van der Waals surface area contributed by atoms with E-state index in [4.69, 9.17) is 26.1 Å². The SMILES string of the molecule is CC1(C)CCCC(CN2CCN(c3ccc(C(=O)NS(=O)(=O)c4ccc(N[C@H]5COCCO5)c([N+](=O)[O-])c4)c(N4CCCc5nc6[nH]ccc6cc54)c3)CC2)=C(c2ccc(Cl)cc2)C1. The number of halogens is 1. The number of amides is 1. The second-order valence-electron chi connectivity index (χ2n) is 17.8. The van der Waals surface area contributed by atoms with Crippen molar-refractivity contribution in [2.45, 2.75) is 63.5 Å². The molecule has 64 heavy (non-hydrogen) atoms. The summed E-state index contributed by atoms with van der Waals surface area (Å²) in [6, 6.07) is 21.2. The van der Waals surface area contributed by atoms with Crippen molar-refractivity contribution in [3.8, 4) is 0 Å². The summed E-state index contributed by atoms with van der Waals surface area (Å²) in [5, 5.41) is 16.7. The number of nitro groups is 1. The molecule has 5 aromatic rings. The molecule has 9 rings (SSSR count). The lowest BCUT2D eigenvalue weighted by molar-refractivity contribution is -0.384. The van der Waals surface area contributed by atoms with Gasteiger partial charge in [-0.1, -0.05) is 43.2 Å². The van der Waals surface area contributed by atoms with E-state index in [0.29, 0.717) is 25.4 Å². The molecule has 3 N–H and O–H groups in total. The van der Waals surface area contributed by atoms with E-state index in [2.05, 4.69) is 61.8 Å². The predicted molar refractivity (Wildman–Crippen MR) is 249 cm³/mol. The summed E-state index contributed by atoms with van der Waals surface area (Å²) in [5.41, 5.74) is 8.07. The monoisotopic (exact) mass is 908 g/mol. The molecule has 336 valence electrons. The highest BCUT2D eigenvalue weighted by Crippen LogP contribution is 2.43. The van der Waals surface area contributed by atoms with Crippen LogP contribution in [0.3, 0.4) is 0 Å². The van der Waals surface area contributed by atoms with Gasteiger partial charge in [0.25, 0.3) is 21.6 Å². The molecule has 5 heterocycles. The topological polar surface area (TPSA) is 175 Å². The van der Waals surface area contributed by atoms with Crippen LogP contribution in [0.4, 0.5) is 28.4 Å². The van der Waals surface area contributed by atoms with E-state index in [1.54, 1.807) is 6.07 Å². The lowest BCUT2D eigenvalue weighted by atomic mass is 9.81. The number of allylic oxidation sites excluding steroid dienone is 1. The third-order valence-electron chi connectivity index (χ3n) is 12.8. The number of carbonyl (C=O) groups excluding carboxylic acids is 1. The zero-order valence-electron chi connectivity index (χ0n) is 36.1. The number of piperazine rings is 1. The van der Waals surface area contributed by atoms with Crippen LogP contribution in [0.15, 0.2) is 89.5 Å². The molecule has 1 aliphatic carbocycles. The van der Waals surface area contributed by atoms with Crippen molar-refractivity contribution in [2.75, 3.05) is 74.2 Å². The van der Waals surface area contributed by atoms with Crippen molar-refractivity contribution < 1.29 is 27.6 Å². The molecule has 1 amide bonds. The van der Waals surface area contributed by atoms with E-state index < -0.39 is 37.7 Å². The molecule has 3 aliphatic heterocycles. The first-order valence-corrected chi connectivity index (χ1v) is 23.8. The van der Waals surface area contributed by atoms with Gasteiger partial charge in [-0.2, -0.15) is 0 Å². The molecule has 2 saturated heterocycles. The van der Waals surface area contributed by atoms with Crippen LogP contribution in [-0.2, 0) is 25.9 Å². The van der Waals surface area contributed by atoms with Crippen LogP contribution in [0.1, 0.15) is 67.6 Å². The normalized spacial score (nSPS) is 19.6. The third-order valence-corrected chi connectivity index (χ3v) is 14.4. The molecule has 2 fully saturated rings. The van der Waals surface area contributed by atoms with E-state index in [0.717, 1.165) is 104 Å². The minimum absolute atomic E-state index is 0.0617. The maximum atomic E-state index is 14.3. The summed E-state index contributed by atoms with van der Waals surface area (Å²) in [6.07, 6.45) is 7.13. The Balaban J connectivity index is 0.988. The Morgan fingerprint density at radius 3 is 2.55 bits per heavy atom. The second kappa shape index (κ2) is 18.2. The third kappa shape index (κ3) is 9.47. The minimum atomic E-state index is -4.57. The smallest absolute Gasteiger partial charge is 0.293 e. The van der Waals surface area contributed by atoms with E-state index in [1.165, 1.54) is 35.3 Å². The molecule has 0 spiro atoms. The summed E-state index contributed by atoms with van der Waals surface area (Å²) in [7, 11) is -4.57. The quantitative estimate of drug-likeness (QED) is 0.0856. The van der Waals surface area contributed by atoms with E-state index in [1.807, 2.05) is 36.5 Å². The van der Waals surface area contributed by atoms with Crippen LogP contribution in [0.2, 0.25) is 5.02 Å². The fourth-order valence-corrected chi connectivity index (χ4v) is 10.6. The first-order chi connectivity index (χ1) is 30.8. The van der Waals surface area contributed by atoms with E-state index >= 15 is 0 Å². The number of ether oxygens (including phenoxy) is 2. The number of carbonyl (C=O) groups is 1. The number of aromatic nitrogens is 2. The van der Waals surface area contributed by atoms with Gasteiger partial charge in [0.1, 0.15) is 11.3 Å². The lowest BCUT2D eigenvalue weighted by Crippen LogP contribution is -2.47. The number of fused-ring (bicyclic) bond motifs is 2. The van der Waals surface area contributed by atoms with Gasteiger partial charge in [0.05, 0.1) is 52.3 Å². The Kier molecular flexibility index (Phi) is 12.4. The lowest BCUT2D eigenvalue weighted by Gasteiger charge is -2.38. The van der Waals surface area contributed by atoms with Gasteiger partial charge in [-0.3, -0.25) is 19.8 Å². The molecular formula is C47H53ClN8O7S. The predicted octanol–water partition coefficient (Wildman–Crippen LogP) is 8.29. The van der Waals surface area contributed by atoms with E-state index in [9.17, 15) is 23.3 Å². The zero-order valence-corrected chi connectivity index (χ0v) is 37.6. The van der Waals surface area contributed by atoms with Crippen molar-refractivity contribution in [1.82, 2.24) is 19.6 Å². The molecule has 1 atom stereocenters. The van der Waals surface area contributed by atoms with Crippen molar-refractivity contribution in [2.24, 2.45) is 5.41 Å². The molecule has 3 aromatic carbocycles. The first-order valence-electron chi connectivity index (χ1n) is 21.9. The highest BCUT2D eigenvalue weighted by molar-refractivity contribution is 7.90. The Labute approximate surface area is 378 Å². The van der Waals surface area contributed by atoms with Crippen LogP contribution >= 0.6 is 11.6 Å². The molecule has 15 nitrogen and oxygen atoms in total. The number of nitrogens with one attached hydrogen (secondary N) is 3. The largest absolute Gasteiger partial charge is 0.374 e. The minimum Gasteiger partial charge on any atom is -0.374 e. The van der Waals surface area contributed by atoms with Gasteiger partial charge in [-0.15, -0.1) is 0 Å². The summed E-state index contributed by atoms with van der Waals surface area (Å²) in [4.78, 5) is 40.4.